The number of carbonyl (C=O) groups is 2. The molecule has 0 radical (unpaired) electrons. The Kier molecular flexibility index (Phi) is 6.05. The second-order valence-corrected chi connectivity index (χ2v) is 10.1. The molecule has 134 valence electrons. The molecule has 2 aliphatic heterocycles. The number of hydrogen-bond donors (Lipinski definition) is 0. The number of amides is 2. The minimum absolute atomic E-state index is 0.146. The third-order valence-corrected chi connectivity index (χ3v) is 6.94. The van der Waals surface area contributed by atoms with Gasteiger partial charge < -0.3 is 4.90 Å². The largest absolute Gasteiger partial charge is 0.357 e. The number of anilines is 1. The maximum Gasteiger partial charge on any atom is 0.247 e. The Morgan fingerprint density at radius 3 is 2.36 bits per heavy atom. The summed E-state index contributed by atoms with van der Waals surface area (Å²) in [6.07, 6.45) is 1.43. The zero-order valence-electron chi connectivity index (χ0n) is 14.3. The van der Waals surface area contributed by atoms with E-state index < -0.39 is 5.25 Å². The number of carbonyl (C=O) groups excluding carboxylic acids is 2. The van der Waals surface area contributed by atoms with Gasteiger partial charge in [-0.2, -0.15) is 0 Å². The number of rotatable bonds is 2. The molecule has 0 spiro atoms. The van der Waals surface area contributed by atoms with Gasteiger partial charge in [-0.1, -0.05) is 37.8 Å². The SMILES string of the molecule is C[C@@H]1C[C@H](C)CN(C(=S)S[C@H]2CC(=O)N(c3ccc(I)cc3)C2=O)C1. The highest BCUT2D eigenvalue weighted by Crippen LogP contribution is 2.33. The van der Waals surface area contributed by atoms with Crippen LogP contribution in [0.1, 0.15) is 26.7 Å². The van der Waals surface area contributed by atoms with Gasteiger partial charge >= 0.3 is 0 Å². The molecule has 7 heteroatoms. The van der Waals surface area contributed by atoms with Crippen LogP contribution in [0.15, 0.2) is 24.3 Å². The van der Waals surface area contributed by atoms with Crippen molar-refractivity contribution in [3.05, 3.63) is 27.8 Å². The van der Waals surface area contributed by atoms with Gasteiger partial charge in [0, 0.05) is 23.1 Å². The van der Waals surface area contributed by atoms with Crippen molar-refractivity contribution in [1.82, 2.24) is 4.90 Å². The van der Waals surface area contributed by atoms with Crippen LogP contribution in [-0.2, 0) is 9.59 Å². The molecule has 3 atom stereocenters. The standard InChI is InChI=1S/C18H21IN2O2S2/c1-11-7-12(2)10-20(9-11)18(24)25-15-8-16(22)21(17(15)23)14-5-3-13(19)4-6-14/h3-6,11-12,15H,7-10H2,1-2H3/t11-,12+,15-/m0/s1. The van der Waals surface area contributed by atoms with Crippen LogP contribution >= 0.6 is 46.6 Å². The van der Waals surface area contributed by atoms with Crippen LogP contribution in [0.2, 0.25) is 0 Å². The minimum Gasteiger partial charge on any atom is -0.357 e. The number of benzene rings is 1. The van der Waals surface area contributed by atoms with E-state index >= 15 is 0 Å². The van der Waals surface area contributed by atoms with E-state index in [9.17, 15) is 9.59 Å². The lowest BCUT2D eigenvalue weighted by molar-refractivity contribution is -0.121. The highest BCUT2D eigenvalue weighted by atomic mass is 127. The summed E-state index contributed by atoms with van der Waals surface area (Å²) in [5.41, 5.74) is 0.643. The monoisotopic (exact) mass is 488 g/mol. The van der Waals surface area contributed by atoms with Crippen molar-refractivity contribution in [3.8, 4) is 0 Å². The van der Waals surface area contributed by atoms with E-state index in [1.807, 2.05) is 24.3 Å². The smallest absolute Gasteiger partial charge is 0.247 e. The summed E-state index contributed by atoms with van der Waals surface area (Å²) in [4.78, 5) is 28.6. The molecule has 4 nitrogen and oxygen atoms in total. The van der Waals surface area contributed by atoms with Crippen LogP contribution in [0.3, 0.4) is 0 Å². The van der Waals surface area contributed by atoms with Gasteiger partial charge in [0.25, 0.3) is 0 Å². The fourth-order valence-electron chi connectivity index (χ4n) is 3.57. The maximum absolute atomic E-state index is 12.8. The van der Waals surface area contributed by atoms with Gasteiger partial charge in [0.1, 0.15) is 9.57 Å². The molecule has 3 rings (SSSR count). The normalized spacial score (nSPS) is 27.1. The summed E-state index contributed by atoms with van der Waals surface area (Å²) < 4.78 is 1.81. The molecule has 25 heavy (non-hydrogen) atoms. The van der Waals surface area contributed by atoms with Crippen LogP contribution < -0.4 is 4.90 Å². The predicted molar refractivity (Wildman–Crippen MR) is 115 cm³/mol. The second-order valence-electron chi connectivity index (χ2n) is 6.97. The molecule has 2 amide bonds. The van der Waals surface area contributed by atoms with Crippen LogP contribution in [-0.4, -0.2) is 39.4 Å². The Hall–Kier alpha value is -0.670. The first-order chi connectivity index (χ1) is 11.8. The van der Waals surface area contributed by atoms with E-state index in [0.717, 1.165) is 21.0 Å². The van der Waals surface area contributed by atoms with E-state index in [-0.39, 0.29) is 18.2 Å². The quantitative estimate of drug-likeness (QED) is 0.359. The van der Waals surface area contributed by atoms with Crippen molar-refractivity contribution in [2.75, 3.05) is 18.0 Å². The zero-order valence-corrected chi connectivity index (χ0v) is 18.1. The zero-order chi connectivity index (χ0) is 18.1. The van der Waals surface area contributed by atoms with E-state index in [4.69, 9.17) is 12.2 Å². The number of imide groups is 1. The van der Waals surface area contributed by atoms with Crippen molar-refractivity contribution in [3.63, 3.8) is 0 Å². The number of likely N-dealkylation sites (tertiary alicyclic amines) is 1. The number of nitrogens with zero attached hydrogens (tertiary/aromatic N) is 2. The number of thiocarbonyl (C=S) groups is 1. The van der Waals surface area contributed by atoms with Crippen LogP contribution in [0.5, 0.6) is 0 Å². The van der Waals surface area contributed by atoms with Gasteiger partial charge in [0.05, 0.1) is 5.69 Å². The van der Waals surface area contributed by atoms with Gasteiger partial charge in [-0.15, -0.1) is 0 Å². The lowest BCUT2D eigenvalue weighted by Crippen LogP contribution is -2.41. The third kappa shape index (κ3) is 4.36. The van der Waals surface area contributed by atoms with Crippen molar-refractivity contribution < 1.29 is 9.59 Å². The maximum atomic E-state index is 12.8. The molecule has 0 saturated carbocycles. The fraction of sp³-hybridized carbons (Fsp3) is 0.500. The first-order valence-electron chi connectivity index (χ1n) is 8.43. The Labute approximate surface area is 171 Å². The van der Waals surface area contributed by atoms with Crippen molar-refractivity contribution in [1.29, 1.82) is 0 Å². The fourth-order valence-corrected chi connectivity index (χ4v) is 5.40. The highest BCUT2D eigenvalue weighted by Gasteiger charge is 2.41. The van der Waals surface area contributed by atoms with Crippen LogP contribution in [0.25, 0.3) is 0 Å². The lowest BCUT2D eigenvalue weighted by Gasteiger charge is -2.36. The molecule has 0 unspecified atom stereocenters. The molecular formula is C18H21IN2O2S2. The Morgan fingerprint density at radius 2 is 1.76 bits per heavy atom. The Balaban J connectivity index is 1.68. The first-order valence-corrected chi connectivity index (χ1v) is 10.8. The number of halogens is 1. The minimum atomic E-state index is -0.410. The summed E-state index contributed by atoms with van der Waals surface area (Å²) in [7, 11) is 0. The second kappa shape index (κ2) is 7.92. The molecule has 2 fully saturated rings. The summed E-state index contributed by atoms with van der Waals surface area (Å²) in [6, 6.07) is 7.43. The lowest BCUT2D eigenvalue weighted by atomic mass is 9.92. The van der Waals surface area contributed by atoms with Gasteiger partial charge in [-0.05, 0) is 65.1 Å². The van der Waals surface area contributed by atoms with Gasteiger partial charge in [0.15, 0.2) is 0 Å². The molecule has 1 aromatic carbocycles. The Bertz CT molecular complexity index is 685. The molecule has 1 aromatic rings. The molecule has 0 N–H and O–H groups in total. The summed E-state index contributed by atoms with van der Waals surface area (Å²) >= 11 is 9.16. The van der Waals surface area contributed by atoms with E-state index in [2.05, 4.69) is 41.3 Å². The van der Waals surface area contributed by atoms with Crippen molar-refractivity contribution in [2.45, 2.75) is 31.9 Å². The topological polar surface area (TPSA) is 40.6 Å². The van der Waals surface area contributed by atoms with Crippen molar-refractivity contribution >= 4 is 68.4 Å². The highest BCUT2D eigenvalue weighted by molar-refractivity contribution is 14.1. The first kappa shape index (κ1) is 19.1. The van der Waals surface area contributed by atoms with Gasteiger partial charge in [-0.25, -0.2) is 4.90 Å². The van der Waals surface area contributed by atoms with Gasteiger partial charge in [-0.3, -0.25) is 9.59 Å². The number of thioether (sulfide) groups is 1. The number of piperidine rings is 1. The molecule has 2 aliphatic rings. The molecule has 0 aliphatic carbocycles. The van der Waals surface area contributed by atoms with Crippen LogP contribution in [0, 0.1) is 15.4 Å². The number of hydrogen-bond acceptors (Lipinski definition) is 4. The van der Waals surface area contributed by atoms with Crippen LogP contribution in [0.4, 0.5) is 5.69 Å². The average molecular weight is 488 g/mol. The van der Waals surface area contributed by atoms with E-state index in [0.29, 0.717) is 17.5 Å². The summed E-state index contributed by atoms with van der Waals surface area (Å²) in [5.74, 6) is 0.904. The van der Waals surface area contributed by atoms with Gasteiger partial charge in [0.2, 0.25) is 11.8 Å². The summed E-state index contributed by atoms with van der Waals surface area (Å²) in [5, 5.41) is -0.410. The molecule has 0 bridgehead atoms. The van der Waals surface area contributed by atoms with E-state index in [1.54, 1.807) is 0 Å². The third-order valence-electron chi connectivity index (χ3n) is 4.56. The average Bonchev–Trinajstić information content (AvgIpc) is 2.81. The Morgan fingerprint density at radius 1 is 1.16 bits per heavy atom. The molecule has 2 heterocycles. The van der Waals surface area contributed by atoms with E-state index in [1.165, 1.54) is 23.1 Å². The molecule has 0 aromatic heterocycles. The predicted octanol–water partition coefficient (Wildman–Crippen LogP) is 3.92. The molecular weight excluding hydrogens is 467 g/mol. The van der Waals surface area contributed by atoms with Crippen molar-refractivity contribution in [2.24, 2.45) is 11.8 Å². The molecule has 2 saturated heterocycles. The summed E-state index contributed by atoms with van der Waals surface area (Å²) in [6.45, 7) is 6.34.